The lowest BCUT2D eigenvalue weighted by atomic mass is 10.1. The minimum Gasteiger partial charge on any atom is -0.350 e. The Kier molecular flexibility index (Phi) is 5.39. The maximum atomic E-state index is 12.7. The molecule has 0 bridgehead atoms. The molecule has 1 saturated carbocycles. The molecule has 0 spiro atoms. The average Bonchev–Trinajstić information content (AvgIpc) is 3.42. The van der Waals surface area contributed by atoms with E-state index in [1.54, 1.807) is 4.68 Å². The first-order valence-corrected chi connectivity index (χ1v) is 10.5. The van der Waals surface area contributed by atoms with Gasteiger partial charge in [-0.25, -0.2) is 4.68 Å². The molecule has 1 aromatic carbocycles. The minimum absolute atomic E-state index is 0.168. The summed E-state index contributed by atoms with van der Waals surface area (Å²) in [5, 5.41) is 11.3. The van der Waals surface area contributed by atoms with E-state index in [-0.39, 0.29) is 17.7 Å². The predicted octanol–water partition coefficient (Wildman–Crippen LogP) is 2.71. The van der Waals surface area contributed by atoms with Crippen LogP contribution in [-0.2, 0) is 4.79 Å². The summed E-state index contributed by atoms with van der Waals surface area (Å²) in [5.41, 5.74) is 4.27. The Morgan fingerprint density at radius 1 is 1.21 bits per heavy atom. The summed E-state index contributed by atoms with van der Waals surface area (Å²) >= 11 is 0. The Morgan fingerprint density at radius 3 is 2.72 bits per heavy atom. The molecule has 1 aliphatic heterocycles. The van der Waals surface area contributed by atoms with Gasteiger partial charge in [-0.2, -0.15) is 0 Å². The van der Waals surface area contributed by atoms with E-state index >= 15 is 0 Å². The molecule has 2 fully saturated rings. The maximum absolute atomic E-state index is 12.7. The van der Waals surface area contributed by atoms with Gasteiger partial charge in [0, 0.05) is 31.5 Å². The van der Waals surface area contributed by atoms with Gasteiger partial charge in [-0.3, -0.25) is 9.59 Å². The monoisotopic (exact) mass is 395 g/mol. The van der Waals surface area contributed by atoms with Crippen LogP contribution in [0.5, 0.6) is 0 Å². The number of nitrogens with zero attached hydrogens (tertiary/aromatic N) is 4. The van der Waals surface area contributed by atoms with Crippen LogP contribution in [0.2, 0.25) is 0 Å². The van der Waals surface area contributed by atoms with Gasteiger partial charge in [0.15, 0.2) is 5.69 Å². The van der Waals surface area contributed by atoms with Crippen LogP contribution in [0.4, 0.5) is 0 Å². The molecule has 2 amide bonds. The van der Waals surface area contributed by atoms with Gasteiger partial charge in [-0.1, -0.05) is 30.2 Å². The van der Waals surface area contributed by atoms with Crippen LogP contribution < -0.4 is 5.32 Å². The largest absolute Gasteiger partial charge is 0.350 e. The normalized spacial score (nSPS) is 19.9. The number of carbonyl (C=O) groups excluding carboxylic acids is 2. The van der Waals surface area contributed by atoms with Gasteiger partial charge in [-0.05, 0) is 50.8 Å². The fraction of sp³-hybridized carbons (Fsp3) is 0.545. The lowest BCUT2D eigenvalue weighted by Gasteiger charge is -2.24. The summed E-state index contributed by atoms with van der Waals surface area (Å²) in [6.45, 7) is 7.19. The Balaban J connectivity index is 1.40. The molecular weight excluding hydrogens is 366 g/mol. The van der Waals surface area contributed by atoms with E-state index in [9.17, 15) is 9.59 Å². The highest BCUT2D eigenvalue weighted by atomic mass is 16.2. The first kappa shape index (κ1) is 19.6. The molecule has 1 aromatic heterocycles. The number of hydrogen-bond acceptors (Lipinski definition) is 4. The zero-order chi connectivity index (χ0) is 20.5. The fourth-order valence-corrected chi connectivity index (χ4v) is 4.57. The lowest BCUT2D eigenvalue weighted by molar-refractivity contribution is -0.129. The zero-order valence-corrected chi connectivity index (χ0v) is 17.4. The molecule has 1 aliphatic carbocycles. The molecule has 2 aliphatic rings. The van der Waals surface area contributed by atoms with Crippen molar-refractivity contribution in [2.45, 2.75) is 58.9 Å². The third-order valence-corrected chi connectivity index (χ3v) is 6.47. The average molecular weight is 396 g/mol. The summed E-state index contributed by atoms with van der Waals surface area (Å²) in [6.07, 6.45) is 5.18. The minimum atomic E-state index is -0.231. The lowest BCUT2D eigenvalue weighted by Crippen LogP contribution is -2.36. The number of likely N-dealkylation sites (tertiary alicyclic amines) is 1. The molecule has 4 rings (SSSR count). The summed E-state index contributed by atoms with van der Waals surface area (Å²) in [6, 6.07) is 6.42. The van der Waals surface area contributed by atoms with Crippen LogP contribution in [0.25, 0.3) is 5.69 Å². The van der Waals surface area contributed by atoms with Crippen LogP contribution in [0.15, 0.2) is 18.2 Å². The molecule has 0 radical (unpaired) electrons. The first-order valence-electron chi connectivity index (χ1n) is 10.5. The van der Waals surface area contributed by atoms with Crippen molar-refractivity contribution in [1.29, 1.82) is 0 Å². The summed E-state index contributed by atoms with van der Waals surface area (Å²) in [7, 11) is 0. The summed E-state index contributed by atoms with van der Waals surface area (Å²) in [5.74, 6) is 0.167. The number of benzene rings is 1. The van der Waals surface area contributed by atoms with Crippen molar-refractivity contribution in [2.24, 2.45) is 5.92 Å². The smallest absolute Gasteiger partial charge is 0.273 e. The highest BCUT2D eigenvalue weighted by Gasteiger charge is 2.35. The van der Waals surface area contributed by atoms with E-state index in [1.165, 1.54) is 18.4 Å². The Labute approximate surface area is 171 Å². The standard InChI is InChI=1S/C22H29N5O2/c1-14-7-6-10-19(15(14)2)27-16(3)21(24-25-27)22(29)23-12-17-11-20(28)26(13-17)18-8-4-5-9-18/h6-7,10,17-18H,4-5,8-9,11-13H2,1-3H3,(H,23,29). The molecule has 1 unspecified atom stereocenters. The van der Waals surface area contributed by atoms with Gasteiger partial charge in [-0.15, -0.1) is 5.10 Å². The van der Waals surface area contributed by atoms with Crippen molar-refractivity contribution in [3.63, 3.8) is 0 Å². The molecule has 2 heterocycles. The number of rotatable bonds is 5. The number of aryl methyl sites for hydroxylation is 1. The molecule has 154 valence electrons. The van der Waals surface area contributed by atoms with Gasteiger partial charge in [0.05, 0.1) is 11.4 Å². The SMILES string of the molecule is Cc1cccc(-n2nnc(C(=O)NCC3CC(=O)N(C4CCCC4)C3)c2C)c1C. The van der Waals surface area contributed by atoms with Gasteiger partial charge in [0.2, 0.25) is 5.91 Å². The van der Waals surface area contributed by atoms with Gasteiger partial charge >= 0.3 is 0 Å². The number of nitrogens with one attached hydrogen (secondary N) is 1. The number of carbonyl (C=O) groups is 2. The second-order valence-electron chi connectivity index (χ2n) is 8.42. The molecule has 2 aromatic rings. The molecule has 7 heteroatoms. The molecule has 7 nitrogen and oxygen atoms in total. The van der Waals surface area contributed by atoms with Crippen molar-refractivity contribution in [1.82, 2.24) is 25.2 Å². The molecule has 1 N–H and O–H groups in total. The Morgan fingerprint density at radius 2 is 1.97 bits per heavy atom. The van der Waals surface area contributed by atoms with Crippen molar-refractivity contribution in [2.75, 3.05) is 13.1 Å². The van der Waals surface area contributed by atoms with Crippen molar-refractivity contribution < 1.29 is 9.59 Å². The third-order valence-electron chi connectivity index (χ3n) is 6.47. The van der Waals surface area contributed by atoms with Gasteiger partial charge in [0.1, 0.15) is 0 Å². The van der Waals surface area contributed by atoms with E-state index < -0.39 is 0 Å². The van der Waals surface area contributed by atoms with Crippen LogP contribution >= 0.6 is 0 Å². The maximum Gasteiger partial charge on any atom is 0.273 e. The van der Waals surface area contributed by atoms with Gasteiger partial charge in [0.25, 0.3) is 5.91 Å². The number of amides is 2. The van der Waals surface area contributed by atoms with E-state index in [4.69, 9.17) is 0 Å². The van der Waals surface area contributed by atoms with Crippen LogP contribution in [0.1, 0.15) is 59.4 Å². The number of aromatic nitrogens is 3. The molecule has 29 heavy (non-hydrogen) atoms. The van der Waals surface area contributed by atoms with E-state index in [2.05, 4.69) is 28.6 Å². The van der Waals surface area contributed by atoms with E-state index in [0.717, 1.165) is 30.6 Å². The third kappa shape index (κ3) is 3.78. The molecule has 1 saturated heterocycles. The van der Waals surface area contributed by atoms with Gasteiger partial charge < -0.3 is 10.2 Å². The molecule has 1 atom stereocenters. The Hall–Kier alpha value is -2.70. The zero-order valence-electron chi connectivity index (χ0n) is 17.4. The number of hydrogen-bond donors (Lipinski definition) is 1. The molecular formula is C22H29N5O2. The summed E-state index contributed by atoms with van der Waals surface area (Å²) in [4.78, 5) is 27.1. The summed E-state index contributed by atoms with van der Waals surface area (Å²) < 4.78 is 1.72. The van der Waals surface area contributed by atoms with Crippen LogP contribution in [0, 0.1) is 26.7 Å². The second kappa shape index (κ2) is 7.97. The van der Waals surface area contributed by atoms with E-state index in [0.29, 0.717) is 30.4 Å². The Bertz CT molecular complexity index is 929. The quantitative estimate of drug-likeness (QED) is 0.844. The van der Waals surface area contributed by atoms with Crippen LogP contribution in [0.3, 0.4) is 0 Å². The first-order chi connectivity index (χ1) is 14.0. The van der Waals surface area contributed by atoms with E-state index in [1.807, 2.05) is 30.9 Å². The van der Waals surface area contributed by atoms with Crippen molar-refractivity contribution >= 4 is 11.8 Å². The fourth-order valence-electron chi connectivity index (χ4n) is 4.57. The van der Waals surface area contributed by atoms with Crippen molar-refractivity contribution in [3.05, 3.63) is 40.7 Å². The topological polar surface area (TPSA) is 80.1 Å². The highest BCUT2D eigenvalue weighted by Crippen LogP contribution is 2.29. The highest BCUT2D eigenvalue weighted by molar-refractivity contribution is 5.93. The predicted molar refractivity (Wildman–Crippen MR) is 110 cm³/mol. The van der Waals surface area contributed by atoms with Crippen LogP contribution in [-0.4, -0.2) is 50.8 Å². The van der Waals surface area contributed by atoms with Crippen molar-refractivity contribution in [3.8, 4) is 5.69 Å². The second-order valence-corrected chi connectivity index (χ2v) is 8.42.